The summed E-state index contributed by atoms with van der Waals surface area (Å²) in [5.74, 6) is 0.612. The molecule has 3 heterocycles. The van der Waals surface area contributed by atoms with E-state index in [0.29, 0.717) is 41.8 Å². The summed E-state index contributed by atoms with van der Waals surface area (Å²) in [6, 6.07) is 9.20. The Labute approximate surface area is 178 Å². The van der Waals surface area contributed by atoms with Crippen LogP contribution in [0, 0.1) is 0 Å². The molecule has 3 aromatic rings. The van der Waals surface area contributed by atoms with Crippen LogP contribution in [0.15, 0.2) is 41.7 Å². The topological polar surface area (TPSA) is 110 Å². The van der Waals surface area contributed by atoms with Crippen LogP contribution in [-0.4, -0.2) is 59.1 Å². The number of pyridine rings is 1. The van der Waals surface area contributed by atoms with E-state index in [1.54, 1.807) is 31.0 Å². The average molecular weight is 423 g/mol. The highest BCUT2D eigenvalue weighted by Crippen LogP contribution is 2.33. The maximum atomic E-state index is 12.5. The van der Waals surface area contributed by atoms with Crippen molar-refractivity contribution in [1.29, 1.82) is 0 Å². The van der Waals surface area contributed by atoms with Gasteiger partial charge in [0.2, 0.25) is 5.88 Å². The van der Waals surface area contributed by atoms with Crippen LogP contribution in [0.25, 0.3) is 11.3 Å². The molecule has 10 nitrogen and oxygen atoms in total. The number of nitrogens with zero attached hydrogens (tertiary/aromatic N) is 5. The highest BCUT2D eigenvalue weighted by molar-refractivity contribution is 6.06. The van der Waals surface area contributed by atoms with Gasteiger partial charge in [-0.05, 0) is 24.6 Å². The van der Waals surface area contributed by atoms with Crippen LogP contribution in [0.2, 0.25) is 0 Å². The summed E-state index contributed by atoms with van der Waals surface area (Å²) in [5, 5.41) is 12.3. The fraction of sp³-hybridized carbons (Fsp3) is 0.286. The molecule has 2 aromatic heterocycles. The zero-order valence-corrected chi connectivity index (χ0v) is 17.4. The molecule has 0 atom stereocenters. The normalized spacial score (nSPS) is 13.6. The van der Waals surface area contributed by atoms with Crippen molar-refractivity contribution in [2.24, 2.45) is 5.16 Å². The Hall–Kier alpha value is -3.95. The first-order valence-corrected chi connectivity index (χ1v) is 9.61. The van der Waals surface area contributed by atoms with Gasteiger partial charge in [-0.2, -0.15) is 0 Å². The first-order valence-electron chi connectivity index (χ1n) is 9.61. The van der Waals surface area contributed by atoms with Gasteiger partial charge < -0.3 is 19.0 Å². The Kier molecular flexibility index (Phi) is 5.78. The molecular weight excluding hydrogens is 402 g/mol. The molecule has 1 aliphatic rings. The van der Waals surface area contributed by atoms with Gasteiger partial charge in [-0.15, -0.1) is 5.10 Å². The van der Waals surface area contributed by atoms with Crippen molar-refractivity contribution in [3.05, 3.63) is 53.3 Å². The molecule has 0 saturated carbocycles. The molecule has 31 heavy (non-hydrogen) atoms. The highest BCUT2D eigenvalue weighted by atomic mass is 16.6. The van der Waals surface area contributed by atoms with Crippen LogP contribution in [0.4, 0.5) is 0 Å². The fourth-order valence-corrected chi connectivity index (χ4v) is 3.28. The largest absolute Gasteiger partial charge is 0.486 e. The summed E-state index contributed by atoms with van der Waals surface area (Å²) in [6.45, 7) is 2.64. The smallest absolute Gasteiger partial charge is 0.361 e. The Balaban J connectivity index is 1.75. The zero-order valence-electron chi connectivity index (χ0n) is 17.4. The number of rotatable bonds is 7. The number of methoxy groups -OCH3 is 1. The third-order valence-electron chi connectivity index (χ3n) is 4.67. The van der Waals surface area contributed by atoms with Crippen molar-refractivity contribution in [3.8, 4) is 22.9 Å². The second kappa shape index (κ2) is 8.82. The Morgan fingerprint density at radius 1 is 1.26 bits per heavy atom. The number of hydrogen-bond acceptors (Lipinski definition) is 9. The molecule has 0 bridgehead atoms. The highest BCUT2D eigenvalue weighted by Gasteiger charge is 2.26. The molecule has 1 aliphatic heterocycles. The zero-order chi connectivity index (χ0) is 21.8. The molecule has 0 aliphatic carbocycles. The fourth-order valence-electron chi connectivity index (χ4n) is 3.28. The monoisotopic (exact) mass is 423 g/mol. The van der Waals surface area contributed by atoms with E-state index in [0.717, 1.165) is 11.1 Å². The number of fused-ring (bicyclic) bond motifs is 1. The number of oxime groups is 1. The summed E-state index contributed by atoms with van der Waals surface area (Å²) < 4.78 is 17.6. The van der Waals surface area contributed by atoms with E-state index in [-0.39, 0.29) is 12.3 Å². The van der Waals surface area contributed by atoms with Crippen LogP contribution in [0.1, 0.15) is 28.5 Å². The van der Waals surface area contributed by atoms with E-state index >= 15 is 0 Å². The lowest BCUT2D eigenvalue weighted by atomic mass is 10.0. The van der Waals surface area contributed by atoms with Crippen molar-refractivity contribution in [2.75, 3.05) is 27.4 Å². The quantitative estimate of drug-likeness (QED) is 0.421. The predicted octanol–water partition coefficient (Wildman–Crippen LogP) is 2.32. The summed E-state index contributed by atoms with van der Waals surface area (Å²) >= 11 is 0. The molecular formula is C21H21N5O5. The van der Waals surface area contributed by atoms with Crippen molar-refractivity contribution in [2.45, 2.75) is 13.5 Å². The van der Waals surface area contributed by atoms with Crippen molar-refractivity contribution < 1.29 is 23.8 Å². The molecule has 0 radical (unpaired) electrons. The van der Waals surface area contributed by atoms with E-state index in [1.165, 1.54) is 7.11 Å². The molecule has 0 spiro atoms. The molecule has 0 N–H and O–H groups in total. The first kappa shape index (κ1) is 20.3. The predicted molar refractivity (Wildman–Crippen MR) is 110 cm³/mol. The molecule has 0 amide bonds. The van der Waals surface area contributed by atoms with Crippen LogP contribution in [-0.2, 0) is 16.1 Å². The third kappa shape index (κ3) is 4.04. The second-order valence-electron chi connectivity index (χ2n) is 6.59. The number of esters is 1. The van der Waals surface area contributed by atoms with E-state index in [9.17, 15) is 4.79 Å². The van der Waals surface area contributed by atoms with Crippen molar-refractivity contribution in [3.63, 3.8) is 0 Å². The standard InChI is InChI=1S/C21H21N5O5/c1-4-30-21(27)19-20(14-6-7-15-16(24-29-3)12-31-17(15)9-14)26(25-23-19)11-13-5-8-18(28-2)22-10-13/h5-10H,4,11-12H2,1-3H3. The molecule has 1 aromatic carbocycles. The van der Waals surface area contributed by atoms with Gasteiger partial charge in [0.15, 0.2) is 5.69 Å². The lowest BCUT2D eigenvalue weighted by molar-refractivity contribution is 0.0520. The lowest BCUT2D eigenvalue weighted by Gasteiger charge is -2.10. The summed E-state index contributed by atoms with van der Waals surface area (Å²) in [4.78, 5) is 21.6. The summed E-state index contributed by atoms with van der Waals surface area (Å²) in [5.41, 5.74) is 3.78. The Morgan fingerprint density at radius 3 is 2.84 bits per heavy atom. The minimum Gasteiger partial charge on any atom is -0.486 e. The van der Waals surface area contributed by atoms with E-state index in [4.69, 9.17) is 19.0 Å². The number of carbonyl (C=O) groups is 1. The van der Waals surface area contributed by atoms with E-state index in [1.807, 2.05) is 24.3 Å². The van der Waals surface area contributed by atoms with Crippen LogP contribution < -0.4 is 9.47 Å². The SMILES string of the molecule is CCOC(=O)c1nnn(Cc2ccc(OC)nc2)c1-c1ccc2c(c1)OCC2=NOC. The molecule has 4 rings (SSSR count). The van der Waals surface area contributed by atoms with Crippen LogP contribution in [0.5, 0.6) is 11.6 Å². The van der Waals surface area contributed by atoms with Gasteiger partial charge in [0.1, 0.15) is 30.9 Å². The van der Waals surface area contributed by atoms with E-state index in [2.05, 4.69) is 20.5 Å². The number of hydrogen-bond donors (Lipinski definition) is 0. The number of ether oxygens (including phenoxy) is 3. The average Bonchev–Trinajstić information content (AvgIpc) is 3.38. The number of carbonyl (C=O) groups excluding carboxylic acids is 1. The Morgan fingerprint density at radius 2 is 2.13 bits per heavy atom. The maximum absolute atomic E-state index is 12.5. The number of aromatic nitrogens is 4. The van der Waals surface area contributed by atoms with Gasteiger partial charge in [0.05, 0.1) is 20.3 Å². The summed E-state index contributed by atoms with van der Waals surface area (Å²) in [7, 11) is 3.05. The minimum atomic E-state index is -0.542. The van der Waals surface area contributed by atoms with Gasteiger partial charge in [0, 0.05) is 23.4 Å². The maximum Gasteiger partial charge on any atom is 0.361 e. The lowest BCUT2D eigenvalue weighted by Crippen LogP contribution is -2.09. The molecule has 0 saturated heterocycles. The molecule has 0 fully saturated rings. The summed E-state index contributed by atoms with van der Waals surface area (Å²) in [6.07, 6.45) is 1.69. The van der Waals surface area contributed by atoms with Gasteiger partial charge in [-0.1, -0.05) is 22.5 Å². The Bertz CT molecular complexity index is 1120. The van der Waals surface area contributed by atoms with E-state index < -0.39 is 5.97 Å². The van der Waals surface area contributed by atoms with Crippen LogP contribution in [0.3, 0.4) is 0 Å². The first-order chi connectivity index (χ1) is 15.1. The van der Waals surface area contributed by atoms with Gasteiger partial charge in [0.25, 0.3) is 0 Å². The van der Waals surface area contributed by atoms with Gasteiger partial charge >= 0.3 is 5.97 Å². The third-order valence-corrected chi connectivity index (χ3v) is 4.67. The second-order valence-corrected chi connectivity index (χ2v) is 6.59. The molecule has 160 valence electrons. The van der Waals surface area contributed by atoms with Gasteiger partial charge in [-0.3, -0.25) is 0 Å². The minimum absolute atomic E-state index is 0.132. The van der Waals surface area contributed by atoms with Crippen molar-refractivity contribution >= 4 is 11.7 Å². The van der Waals surface area contributed by atoms with Crippen molar-refractivity contribution in [1.82, 2.24) is 20.0 Å². The molecule has 0 unspecified atom stereocenters. The van der Waals surface area contributed by atoms with Gasteiger partial charge in [-0.25, -0.2) is 14.5 Å². The van der Waals surface area contributed by atoms with Crippen LogP contribution >= 0.6 is 0 Å². The molecule has 10 heteroatoms. The number of benzene rings is 1.